The van der Waals surface area contributed by atoms with Crippen molar-refractivity contribution in [2.45, 2.75) is 47.3 Å². The summed E-state index contributed by atoms with van der Waals surface area (Å²) in [6, 6.07) is 12.4. The summed E-state index contributed by atoms with van der Waals surface area (Å²) in [5.41, 5.74) is 3.49. The van der Waals surface area contributed by atoms with Crippen molar-refractivity contribution in [1.29, 1.82) is 0 Å². The molecule has 2 N–H and O–H groups in total. The van der Waals surface area contributed by atoms with Crippen molar-refractivity contribution in [2.24, 2.45) is 10.9 Å². The lowest BCUT2D eigenvalue weighted by atomic mass is 10.2. The Kier molecular flexibility index (Phi) is 9.55. The van der Waals surface area contributed by atoms with Gasteiger partial charge in [-0.3, -0.25) is 9.67 Å². The van der Waals surface area contributed by atoms with Crippen LogP contribution < -0.4 is 10.6 Å². The second kappa shape index (κ2) is 12.2. The summed E-state index contributed by atoms with van der Waals surface area (Å²) in [4.78, 5) is 4.70. The van der Waals surface area contributed by atoms with Crippen LogP contribution in [-0.4, -0.2) is 42.0 Å². The SMILES string of the molecule is CCNC(=NCC(C)COCc1ccccc1)NCCCn1nc(C)cc1C. The summed E-state index contributed by atoms with van der Waals surface area (Å²) >= 11 is 0. The predicted molar refractivity (Wildman–Crippen MR) is 116 cm³/mol. The quantitative estimate of drug-likeness (QED) is 0.354. The molecule has 0 saturated heterocycles. The van der Waals surface area contributed by atoms with Crippen LogP contribution in [0.5, 0.6) is 0 Å². The van der Waals surface area contributed by atoms with Crippen LogP contribution in [0.25, 0.3) is 0 Å². The summed E-state index contributed by atoms with van der Waals surface area (Å²) < 4.78 is 7.88. The van der Waals surface area contributed by atoms with Gasteiger partial charge in [-0.1, -0.05) is 37.3 Å². The number of rotatable bonds is 11. The number of hydrogen-bond acceptors (Lipinski definition) is 3. The second-order valence-electron chi connectivity index (χ2n) is 7.26. The summed E-state index contributed by atoms with van der Waals surface area (Å²) in [6.07, 6.45) is 1.00. The molecule has 154 valence electrons. The number of nitrogens with zero attached hydrogens (tertiary/aromatic N) is 3. The third-order valence-corrected chi connectivity index (χ3v) is 4.36. The van der Waals surface area contributed by atoms with Crippen molar-refractivity contribution < 1.29 is 4.74 Å². The molecule has 0 aliphatic carbocycles. The van der Waals surface area contributed by atoms with E-state index in [-0.39, 0.29) is 0 Å². The first-order valence-electron chi connectivity index (χ1n) is 10.2. The van der Waals surface area contributed by atoms with E-state index in [2.05, 4.69) is 59.4 Å². The van der Waals surface area contributed by atoms with Crippen LogP contribution in [0.15, 0.2) is 41.4 Å². The highest BCUT2D eigenvalue weighted by Crippen LogP contribution is 2.04. The van der Waals surface area contributed by atoms with Gasteiger partial charge in [0.05, 0.1) is 18.9 Å². The van der Waals surface area contributed by atoms with E-state index >= 15 is 0 Å². The highest BCUT2D eigenvalue weighted by molar-refractivity contribution is 5.79. The molecule has 1 heterocycles. The molecule has 0 amide bonds. The van der Waals surface area contributed by atoms with E-state index in [1.807, 2.05) is 25.1 Å². The van der Waals surface area contributed by atoms with Gasteiger partial charge in [0.1, 0.15) is 0 Å². The van der Waals surface area contributed by atoms with E-state index in [0.29, 0.717) is 19.1 Å². The lowest BCUT2D eigenvalue weighted by molar-refractivity contribution is 0.0945. The standard InChI is InChI=1S/C22H35N5O/c1-5-23-22(24-12-9-13-27-20(4)14-19(3)26-27)25-15-18(2)16-28-17-21-10-7-6-8-11-21/h6-8,10-11,14,18H,5,9,12-13,15-17H2,1-4H3,(H2,23,24,25). The predicted octanol–water partition coefficient (Wildman–Crippen LogP) is 3.30. The normalized spacial score (nSPS) is 12.8. The Morgan fingerprint density at radius 3 is 2.68 bits per heavy atom. The Labute approximate surface area is 169 Å². The van der Waals surface area contributed by atoms with Gasteiger partial charge in [-0.2, -0.15) is 5.10 Å². The molecule has 0 radical (unpaired) electrons. The van der Waals surface area contributed by atoms with Gasteiger partial charge in [-0.15, -0.1) is 0 Å². The highest BCUT2D eigenvalue weighted by atomic mass is 16.5. The number of guanidine groups is 1. The molecular formula is C22H35N5O. The molecule has 6 heteroatoms. The van der Waals surface area contributed by atoms with Gasteiger partial charge in [0, 0.05) is 31.9 Å². The average Bonchev–Trinajstić information content (AvgIpc) is 3.01. The summed E-state index contributed by atoms with van der Waals surface area (Å²) in [5.74, 6) is 1.24. The van der Waals surface area contributed by atoms with Crippen LogP contribution in [0.3, 0.4) is 0 Å². The first-order valence-corrected chi connectivity index (χ1v) is 10.2. The molecule has 1 atom stereocenters. The van der Waals surface area contributed by atoms with Gasteiger partial charge in [-0.25, -0.2) is 0 Å². The Morgan fingerprint density at radius 1 is 1.21 bits per heavy atom. The van der Waals surface area contributed by atoms with Crippen molar-refractivity contribution in [1.82, 2.24) is 20.4 Å². The monoisotopic (exact) mass is 385 g/mol. The lowest BCUT2D eigenvalue weighted by Crippen LogP contribution is -2.38. The Hall–Kier alpha value is -2.34. The molecule has 2 rings (SSSR count). The topological polar surface area (TPSA) is 63.5 Å². The minimum absolute atomic E-state index is 0.369. The third-order valence-electron chi connectivity index (χ3n) is 4.36. The average molecular weight is 386 g/mol. The molecule has 1 aromatic heterocycles. The molecular weight excluding hydrogens is 350 g/mol. The number of nitrogens with one attached hydrogen (secondary N) is 2. The molecule has 0 saturated carbocycles. The van der Waals surface area contributed by atoms with Crippen molar-refractivity contribution in [3.8, 4) is 0 Å². The molecule has 0 aliphatic heterocycles. The summed E-state index contributed by atoms with van der Waals surface area (Å²) in [7, 11) is 0. The molecule has 28 heavy (non-hydrogen) atoms. The first kappa shape index (κ1) is 22.0. The number of aromatic nitrogens is 2. The molecule has 0 spiro atoms. The smallest absolute Gasteiger partial charge is 0.191 e. The fraction of sp³-hybridized carbons (Fsp3) is 0.545. The van der Waals surface area contributed by atoms with Crippen LogP contribution in [0.2, 0.25) is 0 Å². The maximum atomic E-state index is 5.81. The maximum absolute atomic E-state index is 5.81. The van der Waals surface area contributed by atoms with E-state index in [9.17, 15) is 0 Å². The zero-order valence-corrected chi connectivity index (χ0v) is 17.7. The van der Waals surface area contributed by atoms with E-state index in [1.165, 1.54) is 11.3 Å². The van der Waals surface area contributed by atoms with Crippen molar-refractivity contribution in [3.63, 3.8) is 0 Å². The van der Waals surface area contributed by atoms with Crippen LogP contribution in [0, 0.1) is 19.8 Å². The molecule has 0 aliphatic rings. The minimum Gasteiger partial charge on any atom is -0.376 e. The minimum atomic E-state index is 0.369. The third kappa shape index (κ3) is 8.13. The van der Waals surface area contributed by atoms with E-state index in [1.54, 1.807) is 0 Å². The van der Waals surface area contributed by atoms with Crippen LogP contribution >= 0.6 is 0 Å². The van der Waals surface area contributed by atoms with Crippen LogP contribution in [0.4, 0.5) is 0 Å². The summed E-state index contributed by atoms with van der Waals surface area (Å²) in [6.45, 7) is 13.1. The van der Waals surface area contributed by atoms with E-state index in [4.69, 9.17) is 9.73 Å². The fourth-order valence-corrected chi connectivity index (χ4v) is 2.93. The number of benzene rings is 1. The second-order valence-corrected chi connectivity index (χ2v) is 7.26. The van der Waals surface area contributed by atoms with Gasteiger partial charge in [0.2, 0.25) is 0 Å². The van der Waals surface area contributed by atoms with Gasteiger partial charge >= 0.3 is 0 Å². The molecule has 0 bridgehead atoms. The molecule has 2 aromatic rings. The van der Waals surface area contributed by atoms with Crippen LogP contribution in [0.1, 0.15) is 37.2 Å². The Bertz CT molecular complexity index is 711. The maximum Gasteiger partial charge on any atom is 0.191 e. The summed E-state index contributed by atoms with van der Waals surface area (Å²) in [5, 5.41) is 11.2. The fourth-order valence-electron chi connectivity index (χ4n) is 2.93. The van der Waals surface area contributed by atoms with Gasteiger partial charge in [-0.05, 0) is 44.7 Å². The number of ether oxygens (including phenoxy) is 1. The number of hydrogen-bond donors (Lipinski definition) is 2. The zero-order valence-electron chi connectivity index (χ0n) is 17.7. The van der Waals surface area contributed by atoms with Crippen molar-refractivity contribution in [2.75, 3.05) is 26.2 Å². The Morgan fingerprint density at radius 2 is 2.00 bits per heavy atom. The molecule has 6 nitrogen and oxygen atoms in total. The van der Waals surface area contributed by atoms with Gasteiger partial charge in [0.25, 0.3) is 0 Å². The molecule has 1 aromatic carbocycles. The molecule has 0 fully saturated rings. The Balaban J connectivity index is 1.67. The highest BCUT2D eigenvalue weighted by Gasteiger charge is 2.04. The van der Waals surface area contributed by atoms with Crippen molar-refractivity contribution >= 4 is 5.96 Å². The van der Waals surface area contributed by atoms with E-state index in [0.717, 1.165) is 44.3 Å². The van der Waals surface area contributed by atoms with Crippen molar-refractivity contribution in [3.05, 3.63) is 53.3 Å². The molecule has 1 unspecified atom stereocenters. The van der Waals surface area contributed by atoms with Gasteiger partial charge < -0.3 is 15.4 Å². The largest absolute Gasteiger partial charge is 0.376 e. The van der Waals surface area contributed by atoms with Gasteiger partial charge in [0.15, 0.2) is 5.96 Å². The van der Waals surface area contributed by atoms with E-state index < -0.39 is 0 Å². The first-order chi connectivity index (χ1) is 13.6. The number of aliphatic imine (C=N–C) groups is 1. The zero-order chi connectivity index (χ0) is 20.2. The number of aryl methyl sites for hydroxylation is 3. The van der Waals surface area contributed by atoms with Crippen LogP contribution in [-0.2, 0) is 17.9 Å². The lowest BCUT2D eigenvalue weighted by Gasteiger charge is -2.14.